The summed E-state index contributed by atoms with van der Waals surface area (Å²) in [5, 5.41) is 18.1. The molecule has 3 rings (SSSR count). The van der Waals surface area contributed by atoms with Crippen LogP contribution in [0.15, 0.2) is 30.6 Å². The molecule has 8 heteroatoms. The van der Waals surface area contributed by atoms with E-state index in [1.807, 2.05) is 0 Å². The zero-order valence-corrected chi connectivity index (χ0v) is 13.2. The van der Waals surface area contributed by atoms with Crippen molar-refractivity contribution in [3.8, 4) is 11.4 Å². The number of aliphatic hydroxyl groups excluding tert-OH is 1. The van der Waals surface area contributed by atoms with Crippen LogP contribution in [0.25, 0.3) is 11.4 Å². The zero-order valence-electron chi connectivity index (χ0n) is 13.2. The lowest BCUT2D eigenvalue weighted by Gasteiger charge is -2.34. The molecule has 0 saturated carbocycles. The highest BCUT2D eigenvalue weighted by molar-refractivity contribution is 5.88. The molecule has 0 spiro atoms. The van der Waals surface area contributed by atoms with E-state index >= 15 is 0 Å². The van der Waals surface area contributed by atoms with E-state index < -0.39 is 5.97 Å². The molecule has 0 bridgehead atoms. The minimum Gasteiger partial charge on any atom is -0.478 e. The number of aromatic nitrogens is 3. The molecule has 2 aromatic rings. The predicted octanol–water partition coefficient (Wildman–Crippen LogP) is 0.351. The van der Waals surface area contributed by atoms with E-state index in [0.717, 1.165) is 26.2 Å². The van der Waals surface area contributed by atoms with E-state index in [1.54, 1.807) is 12.3 Å². The molecule has 1 aliphatic rings. The van der Waals surface area contributed by atoms with E-state index in [-0.39, 0.29) is 12.2 Å². The van der Waals surface area contributed by atoms with Gasteiger partial charge in [-0.3, -0.25) is 9.88 Å². The summed E-state index contributed by atoms with van der Waals surface area (Å²) >= 11 is 0. The maximum Gasteiger partial charge on any atom is 0.335 e. The number of aromatic carboxylic acids is 1. The summed E-state index contributed by atoms with van der Waals surface area (Å²) in [6.07, 6.45) is 3.13. The van der Waals surface area contributed by atoms with Crippen molar-refractivity contribution in [3.63, 3.8) is 0 Å². The van der Waals surface area contributed by atoms with E-state index in [4.69, 9.17) is 10.2 Å². The van der Waals surface area contributed by atoms with Crippen molar-refractivity contribution in [2.45, 2.75) is 0 Å². The van der Waals surface area contributed by atoms with Gasteiger partial charge in [0.2, 0.25) is 5.95 Å². The molecule has 3 heterocycles. The van der Waals surface area contributed by atoms with Gasteiger partial charge in [0.1, 0.15) is 0 Å². The van der Waals surface area contributed by atoms with Gasteiger partial charge in [-0.2, -0.15) is 0 Å². The van der Waals surface area contributed by atoms with Crippen LogP contribution in [0.2, 0.25) is 0 Å². The molecule has 1 fully saturated rings. The quantitative estimate of drug-likeness (QED) is 0.810. The van der Waals surface area contributed by atoms with Crippen LogP contribution in [0.1, 0.15) is 10.4 Å². The second kappa shape index (κ2) is 7.33. The molecule has 0 aromatic carbocycles. The summed E-state index contributed by atoms with van der Waals surface area (Å²) in [4.78, 5) is 28.4. The Morgan fingerprint density at radius 1 is 1.08 bits per heavy atom. The molecule has 1 aliphatic heterocycles. The highest BCUT2D eigenvalue weighted by Gasteiger charge is 2.19. The number of hydrogen-bond acceptors (Lipinski definition) is 7. The Morgan fingerprint density at radius 2 is 1.83 bits per heavy atom. The third-order valence-corrected chi connectivity index (χ3v) is 3.98. The third-order valence-electron chi connectivity index (χ3n) is 3.98. The molecule has 8 nitrogen and oxygen atoms in total. The summed E-state index contributed by atoms with van der Waals surface area (Å²) < 4.78 is 0. The van der Waals surface area contributed by atoms with Crippen LogP contribution in [0.5, 0.6) is 0 Å². The van der Waals surface area contributed by atoms with Gasteiger partial charge in [0.25, 0.3) is 0 Å². The first kappa shape index (κ1) is 16.3. The van der Waals surface area contributed by atoms with Crippen LogP contribution in [0.4, 0.5) is 5.95 Å². The van der Waals surface area contributed by atoms with E-state index in [9.17, 15) is 4.79 Å². The Morgan fingerprint density at radius 3 is 2.54 bits per heavy atom. The molecule has 0 radical (unpaired) electrons. The lowest BCUT2D eigenvalue weighted by Crippen LogP contribution is -2.47. The Bertz CT molecular complexity index is 716. The monoisotopic (exact) mass is 329 g/mol. The first-order valence-corrected chi connectivity index (χ1v) is 7.78. The number of nitrogens with zero attached hydrogens (tertiary/aromatic N) is 5. The van der Waals surface area contributed by atoms with Gasteiger partial charge >= 0.3 is 5.97 Å². The molecular formula is C16H19N5O3. The van der Waals surface area contributed by atoms with Gasteiger partial charge in [0.05, 0.1) is 23.6 Å². The third kappa shape index (κ3) is 3.66. The highest BCUT2D eigenvalue weighted by atomic mass is 16.4. The Balaban J connectivity index is 1.78. The van der Waals surface area contributed by atoms with Crippen LogP contribution in [-0.2, 0) is 0 Å². The lowest BCUT2D eigenvalue weighted by molar-refractivity contribution is 0.0697. The fourth-order valence-corrected chi connectivity index (χ4v) is 2.66. The molecule has 0 amide bonds. The van der Waals surface area contributed by atoms with Crippen molar-refractivity contribution >= 4 is 11.9 Å². The standard InChI is InChI=1S/C16H19N5O3/c22-10-9-20-5-7-21(8-6-20)16-18-4-2-13(19-16)14-11-12(15(23)24)1-3-17-14/h1-4,11,22H,5-10H2,(H,23,24). The van der Waals surface area contributed by atoms with Gasteiger partial charge < -0.3 is 15.1 Å². The number of pyridine rings is 1. The first-order chi connectivity index (χ1) is 11.7. The average Bonchev–Trinajstić information content (AvgIpc) is 2.63. The summed E-state index contributed by atoms with van der Waals surface area (Å²) in [5.41, 5.74) is 1.29. The van der Waals surface area contributed by atoms with E-state index in [1.165, 1.54) is 18.3 Å². The Labute approximate surface area is 139 Å². The molecule has 2 aromatic heterocycles. The number of carboxylic acid groups (broad SMARTS) is 1. The topological polar surface area (TPSA) is 103 Å². The number of hydrogen-bond donors (Lipinski definition) is 2. The minimum atomic E-state index is -0.993. The van der Waals surface area contributed by atoms with Crippen LogP contribution in [-0.4, -0.2) is 75.4 Å². The number of aliphatic hydroxyl groups is 1. The van der Waals surface area contributed by atoms with Crippen molar-refractivity contribution in [2.24, 2.45) is 0 Å². The molecule has 24 heavy (non-hydrogen) atoms. The number of anilines is 1. The molecule has 2 N–H and O–H groups in total. The normalized spacial score (nSPS) is 15.5. The number of carbonyl (C=O) groups is 1. The number of β-amino-alcohol motifs (C(OH)–C–C–N with tert-alkyl or cyclic N) is 1. The molecule has 0 unspecified atom stereocenters. The van der Waals surface area contributed by atoms with Crippen LogP contribution < -0.4 is 4.90 Å². The fourth-order valence-electron chi connectivity index (χ4n) is 2.66. The van der Waals surface area contributed by atoms with Crippen molar-refractivity contribution in [2.75, 3.05) is 44.2 Å². The summed E-state index contributed by atoms with van der Waals surface area (Å²) in [5.74, 6) is -0.383. The van der Waals surface area contributed by atoms with Gasteiger partial charge in [-0.05, 0) is 18.2 Å². The van der Waals surface area contributed by atoms with Crippen molar-refractivity contribution in [3.05, 3.63) is 36.2 Å². The summed E-state index contributed by atoms with van der Waals surface area (Å²) in [6, 6.07) is 4.68. The second-order valence-corrected chi connectivity index (χ2v) is 5.53. The maximum absolute atomic E-state index is 11.1. The van der Waals surface area contributed by atoms with E-state index in [2.05, 4.69) is 24.8 Å². The van der Waals surface area contributed by atoms with Crippen molar-refractivity contribution < 1.29 is 15.0 Å². The molecule has 0 aliphatic carbocycles. The lowest BCUT2D eigenvalue weighted by atomic mass is 10.2. The first-order valence-electron chi connectivity index (χ1n) is 7.78. The number of carboxylic acids is 1. The SMILES string of the molecule is O=C(O)c1ccnc(-c2ccnc(N3CCN(CCO)CC3)n2)c1. The van der Waals surface area contributed by atoms with Crippen LogP contribution >= 0.6 is 0 Å². The van der Waals surface area contributed by atoms with Gasteiger partial charge in [0.15, 0.2) is 0 Å². The summed E-state index contributed by atoms with van der Waals surface area (Å²) in [6.45, 7) is 4.11. The van der Waals surface area contributed by atoms with Crippen molar-refractivity contribution in [1.82, 2.24) is 19.9 Å². The van der Waals surface area contributed by atoms with Gasteiger partial charge in [0, 0.05) is 45.1 Å². The maximum atomic E-state index is 11.1. The average molecular weight is 329 g/mol. The molecule has 1 saturated heterocycles. The molecular weight excluding hydrogens is 310 g/mol. The fraction of sp³-hybridized carbons (Fsp3) is 0.375. The predicted molar refractivity (Wildman–Crippen MR) is 88.0 cm³/mol. The molecule has 126 valence electrons. The zero-order chi connectivity index (χ0) is 16.9. The van der Waals surface area contributed by atoms with Crippen molar-refractivity contribution in [1.29, 1.82) is 0 Å². The van der Waals surface area contributed by atoms with Gasteiger partial charge in [-0.25, -0.2) is 14.8 Å². The Kier molecular flexibility index (Phi) is 4.97. The number of piperazine rings is 1. The smallest absolute Gasteiger partial charge is 0.335 e. The van der Waals surface area contributed by atoms with Gasteiger partial charge in [-0.1, -0.05) is 0 Å². The van der Waals surface area contributed by atoms with E-state index in [0.29, 0.717) is 23.9 Å². The highest BCUT2D eigenvalue weighted by Crippen LogP contribution is 2.19. The van der Waals surface area contributed by atoms with Crippen LogP contribution in [0.3, 0.4) is 0 Å². The number of rotatable bonds is 5. The molecule has 0 atom stereocenters. The largest absolute Gasteiger partial charge is 0.478 e. The van der Waals surface area contributed by atoms with Gasteiger partial charge in [-0.15, -0.1) is 0 Å². The Hall–Kier alpha value is -2.58. The second-order valence-electron chi connectivity index (χ2n) is 5.53. The minimum absolute atomic E-state index is 0.164. The summed E-state index contributed by atoms with van der Waals surface area (Å²) in [7, 11) is 0. The van der Waals surface area contributed by atoms with Crippen LogP contribution in [0, 0.1) is 0 Å².